The van der Waals surface area contributed by atoms with Crippen molar-refractivity contribution in [3.63, 3.8) is 0 Å². The second-order valence-corrected chi connectivity index (χ2v) is 10.2. The zero-order chi connectivity index (χ0) is 22.6. The summed E-state index contributed by atoms with van der Waals surface area (Å²) in [5.74, 6) is 0.844. The van der Waals surface area contributed by atoms with Crippen LogP contribution in [0, 0.1) is 17.2 Å². The SMILES string of the molecule is N#Cc1cc(S(=O)(=O)Nc2ncns2)ccc1OC[C@H]1CNCC[C@@H]1c1ccc(Cl)cc1. The standard InChI is InChI=1S/C21H20ClN5O3S2/c22-17-3-1-14(2-4-17)19-7-8-24-11-16(19)12-30-20-6-5-18(9-15(20)10-23)32(28,29)27-21-25-13-26-31-21/h1-6,9,13,16,19,24H,7-8,11-12H2,(H,25,26,27)/t16-,19-/m1/s1. The molecule has 1 saturated heterocycles. The fourth-order valence-electron chi connectivity index (χ4n) is 3.73. The summed E-state index contributed by atoms with van der Waals surface area (Å²) in [7, 11) is -3.89. The highest BCUT2D eigenvalue weighted by Crippen LogP contribution is 2.32. The maximum Gasteiger partial charge on any atom is 0.263 e. The summed E-state index contributed by atoms with van der Waals surface area (Å²) < 4.78 is 37.2. The number of rotatable bonds is 7. The first-order chi connectivity index (χ1) is 15.5. The molecule has 0 spiro atoms. The lowest BCUT2D eigenvalue weighted by Gasteiger charge is -2.32. The molecule has 1 aliphatic rings. The van der Waals surface area contributed by atoms with Crippen LogP contribution in [-0.2, 0) is 10.0 Å². The van der Waals surface area contributed by atoms with Crippen molar-refractivity contribution in [2.45, 2.75) is 17.2 Å². The molecule has 2 heterocycles. The fourth-order valence-corrected chi connectivity index (χ4v) is 5.54. The van der Waals surface area contributed by atoms with E-state index >= 15 is 0 Å². The number of ether oxygens (including phenoxy) is 1. The van der Waals surface area contributed by atoms with E-state index in [2.05, 4.69) is 19.4 Å². The van der Waals surface area contributed by atoms with Gasteiger partial charge in [0.05, 0.1) is 17.1 Å². The van der Waals surface area contributed by atoms with Gasteiger partial charge in [0.15, 0.2) is 0 Å². The normalized spacial score (nSPS) is 18.6. The summed E-state index contributed by atoms with van der Waals surface area (Å²) in [5, 5.41) is 13.8. The minimum absolute atomic E-state index is 0.0463. The third-order valence-electron chi connectivity index (χ3n) is 5.32. The Morgan fingerprint density at radius 2 is 2.09 bits per heavy atom. The topological polar surface area (TPSA) is 117 Å². The van der Waals surface area contributed by atoms with Crippen LogP contribution in [0.5, 0.6) is 5.75 Å². The molecule has 0 bridgehead atoms. The molecule has 0 aliphatic carbocycles. The highest BCUT2D eigenvalue weighted by atomic mass is 35.5. The molecule has 0 amide bonds. The summed E-state index contributed by atoms with van der Waals surface area (Å²) in [4.78, 5) is 3.77. The van der Waals surface area contributed by atoms with Crippen molar-refractivity contribution in [2.75, 3.05) is 24.4 Å². The van der Waals surface area contributed by atoms with Crippen molar-refractivity contribution < 1.29 is 13.2 Å². The number of sulfonamides is 1. The molecule has 1 aliphatic heterocycles. The van der Waals surface area contributed by atoms with Gasteiger partial charge in [-0.1, -0.05) is 23.7 Å². The molecule has 11 heteroatoms. The molecule has 32 heavy (non-hydrogen) atoms. The highest BCUT2D eigenvalue weighted by molar-refractivity contribution is 7.93. The van der Waals surface area contributed by atoms with Gasteiger partial charge in [-0.3, -0.25) is 4.72 Å². The lowest BCUT2D eigenvalue weighted by Crippen LogP contribution is -2.38. The number of anilines is 1. The molecule has 3 aromatic rings. The summed E-state index contributed by atoms with van der Waals surface area (Å²) >= 11 is 6.95. The minimum atomic E-state index is -3.89. The molecule has 2 aromatic carbocycles. The van der Waals surface area contributed by atoms with E-state index in [1.807, 2.05) is 30.3 Å². The quantitative estimate of drug-likeness (QED) is 0.520. The Balaban J connectivity index is 1.49. The molecule has 0 radical (unpaired) electrons. The lowest BCUT2D eigenvalue weighted by atomic mass is 9.81. The zero-order valence-corrected chi connectivity index (χ0v) is 19.3. The molecule has 1 fully saturated rings. The summed E-state index contributed by atoms with van der Waals surface area (Å²) in [6, 6.07) is 14.1. The second kappa shape index (κ2) is 9.83. The Hall–Kier alpha value is -2.71. The lowest BCUT2D eigenvalue weighted by molar-refractivity contribution is 0.196. The van der Waals surface area contributed by atoms with Gasteiger partial charge in [-0.2, -0.15) is 9.64 Å². The van der Waals surface area contributed by atoms with Crippen LogP contribution in [0.3, 0.4) is 0 Å². The van der Waals surface area contributed by atoms with E-state index in [0.717, 1.165) is 31.0 Å². The van der Waals surface area contributed by atoms with Crippen molar-refractivity contribution >= 4 is 38.3 Å². The third-order valence-corrected chi connectivity index (χ3v) is 7.62. The molecule has 2 N–H and O–H groups in total. The Morgan fingerprint density at radius 3 is 2.81 bits per heavy atom. The number of nitriles is 1. The average Bonchev–Trinajstić information content (AvgIpc) is 3.30. The van der Waals surface area contributed by atoms with Gasteiger partial charge >= 0.3 is 0 Å². The number of halogens is 1. The molecule has 166 valence electrons. The van der Waals surface area contributed by atoms with Gasteiger partial charge in [0, 0.05) is 29.0 Å². The monoisotopic (exact) mass is 489 g/mol. The highest BCUT2D eigenvalue weighted by Gasteiger charge is 2.27. The zero-order valence-electron chi connectivity index (χ0n) is 16.9. The number of nitrogens with one attached hydrogen (secondary N) is 2. The molecule has 2 atom stereocenters. The third kappa shape index (κ3) is 5.19. The van der Waals surface area contributed by atoms with Crippen LogP contribution in [-0.4, -0.2) is 37.5 Å². The minimum Gasteiger partial charge on any atom is -0.492 e. The second-order valence-electron chi connectivity index (χ2n) is 7.34. The molecule has 0 unspecified atom stereocenters. The first-order valence-corrected chi connectivity index (χ1v) is 12.5. The van der Waals surface area contributed by atoms with E-state index in [1.54, 1.807) is 0 Å². The van der Waals surface area contributed by atoms with E-state index in [9.17, 15) is 13.7 Å². The molecule has 4 rings (SSSR count). The van der Waals surface area contributed by atoms with Crippen molar-refractivity contribution in [2.24, 2.45) is 5.92 Å². The van der Waals surface area contributed by atoms with Crippen LogP contribution in [0.1, 0.15) is 23.5 Å². The number of benzene rings is 2. The maximum atomic E-state index is 12.6. The van der Waals surface area contributed by atoms with Gasteiger partial charge in [-0.15, -0.1) is 0 Å². The number of nitrogens with zero attached hydrogens (tertiary/aromatic N) is 3. The van der Waals surface area contributed by atoms with Crippen molar-refractivity contribution in [1.29, 1.82) is 5.26 Å². The maximum absolute atomic E-state index is 12.6. The van der Waals surface area contributed by atoms with Crippen LogP contribution in [0.4, 0.5) is 5.13 Å². The van der Waals surface area contributed by atoms with E-state index in [-0.39, 0.29) is 21.5 Å². The first kappa shape index (κ1) is 22.5. The van der Waals surface area contributed by atoms with E-state index in [0.29, 0.717) is 23.3 Å². The first-order valence-electron chi connectivity index (χ1n) is 9.89. The molecular formula is C21H20ClN5O3S2. The average molecular weight is 490 g/mol. The Labute approximate surface area is 195 Å². The van der Waals surface area contributed by atoms with E-state index in [1.165, 1.54) is 30.1 Å². The molecule has 1 aromatic heterocycles. The van der Waals surface area contributed by atoms with Gasteiger partial charge in [0.2, 0.25) is 5.13 Å². The van der Waals surface area contributed by atoms with Gasteiger partial charge in [-0.25, -0.2) is 13.4 Å². The van der Waals surface area contributed by atoms with Crippen LogP contribution in [0.25, 0.3) is 0 Å². The van der Waals surface area contributed by atoms with Crippen LogP contribution >= 0.6 is 23.1 Å². The van der Waals surface area contributed by atoms with Crippen LogP contribution in [0.2, 0.25) is 5.02 Å². The van der Waals surface area contributed by atoms with Crippen molar-refractivity contribution in [3.05, 3.63) is 64.9 Å². The largest absolute Gasteiger partial charge is 0.492 e. The van der Waals surface area contributed by atoms with Crippen molar-refractivity contribution in [1.82, 2.24) is 14.7 Å². The smallest absolute Gasteiger partial charge is 0.263 e. The van der Waals surface area contributed by atoms with Gasteiger partial charge in [0.25, 0.3) is 10.0 Å². The number of piperidine rings is 1. The fraction of sp³-hybridized carbons (Fsp3) is 0.286. The predicted octanol–water partition coefficient (Wildman–Crippen LogP) is 3.64. The predicted molar refractivity (Wildman–Crippen MR) is 123 cm³/mol. The molecular weight excluding hydrogens is 470 g/mol. The van der Waals surface area contributed by atoms with Gasteiger partial charge < -0.3 is 10.1 Å². The van der Waals surface area contributed by atoms with Gasteiger partial charge in [0.1, 0.15) is 18.1 Å². The van der Waals surface area contributed by atoms with Crippen LogP contribution in [0.15, 0.2) is 53.7 Å². The van der Waals surface area contributed by atoms with Crippen molar-refractivity contribution in [3.8, 4) is 11.8 Å². The number of hydrogen-bond acceptors (Lipinski definition) is 8. The number of hydrogen-bond donors (Lipinski definition) is 2. The Kier molecular flexibility index (Phi) is 6.91. The van der Waals surface area contributed by atoms with E-state index in [4.69, 9.17) is 16.3 Å². The molecule has 0 saturated carbocycles. The van der Waals surface area contributed by atoms with Crippen LogP contribution < -0.4 is 14.8 Å². The molecule has 8 nitrogen and oxygen atoms in total. The summed E-state index contributed by atoms with van der Waals surface area (Å²) in [6.07, 6.45) is 2.23. The number of aromatic nitrogens is 2. The Bertz CT molecular complexity index is 1210. The summed E-state index contributed by atoms with van der Waals surface area (Å²) in [6.45, 7) is 2.10. The van der Waals surface area contributed by atoms with Gasteiger partial charge in [-0.05, 0) is 54.8 Å². The summed E-state index contributed by atoms with van der Waals surface area (Å²) in [5.41, 5.74) is 1.35. The van der Waals surface area contributed by atoms with E-state index < -0.39 is 10.0 Å². The Morgan fingerprint density at radius 1 is 1.28 bits per heavy atom.